The molecule has 0 bridgehead atoms. The highest BCUT2D eigenvalue weighted by molar-refractivity contribution is 5.91. The van der Waals surface area contributed by atoms with Crippen LogP contribution in [0.4, 0.5) is 10.5 Å². The lowest BCUT2D eigenvalue weighted by molar-refractivity contribution is -0.139. The topological polar surface area (TPSA) is 116 Å². The monoisotopic (exact) mass is 242 g/mol. The van der Waals surface area contributed by atoms with E-state index in [1.165, 1.54) is 10.9 Å². The van der Waals surface area contributed by atoms with E-state index in [1.807, 2.05) is 0 Å². The largest absolute Gasteiger partial charge is 0.480 e. The Balaban J connectivity index is 2.50. The van der Waals surface area contributed by atoms with Crippen molar-refractivity contribution >= 4 is 17.7 Å². The molecule has 0 aliphatic heterocycles. The predicted octanol–water partition coefficient (Wildman–Crippen LogP) is -0.623. The van der Waals surface area contributed by atoms with E-state index in [0.717, 1.165) is 0 Å². The molecular formula is C9H14N4O4. The molecule has 2 amide bonds. The van der Waals surface area contributed by atoms with Gasteiger partial charge in [-0.05, 0) is 0 Å². The molecule has 17 heavy (non-hydrogen) atoms. The number of aryl methyl sites for hydroxylation is 1. The van der Waals surface area contributed by atoms with Crippen LogP contribution < -0.4 is 10.6 Å². The number of carbonyl (C=O) groups is 2. The van der Waals surface area contributed by atoms with Crippen molar-refractivity contribution in [1.29, 1.82) is 0 Å². The smallest absolute Gasteiger partial charge is 0.326 e. The third kappa shape index (κ3) is 4.11. The molecule has 1 rings (SSSR count). The van der Waals surface area contributed by atoms with Crippen LogP contribution in [-0.2, 0) is 11.8 Å². The molecule has 0 saturated carbocycles. The Hall–Kier alpha value is -2.09. The Kier molecular flexibility index (Phi) is 4.46. The van der Waals surface area contributed by atoms with Crippen molar-refractivity contribution in [2.24, 2.45) is 7.05 Å². The van der Waals surface area contributed by atoms with Gasteiger partial charge in [0, 0.05) is 26.3 Å². The number of urea groups is 1. The molecule has 0 saturated heterocycles. The number of nitrogens with one attached hydrogen (secondary N) is 2. The van der Waals surface area contributed by atoms with E-state index in [4.69, 9.17) is 10.2 Å². The molecule has 1 heterocycles. The van der Waals surface area contributed by atoms with Crippen LogP contribution in [0, 0.1) is 0 Å². The van der Waals surface area contributed by atoms with Gasteiger partial charge in [-0.1, -0.05) is 0 Å². The zero-order chi connectivity index (χ0) is 12.8. The van der Waals surface area contributed by atoms with Gasteiger partial charge in [0.15, 0.2) is 0 Å². The van der Waals surface area contributed by atoms with Crippen molar-refractivity contribution in [1.82, 2.24) is 15.1 Å². The van der Waals surface area contributed by atoms with Crippen molar-refractivity contribution in [2.75, 3.05) is 11.9 Å². The first kappa shape index (κ1) is 13.0. The molecule has 1 aromatic rings. The van der Waals surface area contributed by atoms with Crippen LogP contribution in [0.5, 0.6) is 0 Å². The second kappa shape index (κ2) is 5.85. The number of carboxylic acids is 1. The molecule has 0 aliphatic carbocycles. The fourth-order valence-corrected chi connectivity index (χ4v) is 1.20. The van der Waals surface area contributed by atoms with Gasteiger partial charge in [-0.2, -0.15) is 5.10 Å². The Bertz CT molecular complexity index is 403. The lowest BCUT2D eigenvalue weighted by atomic mass is 10.2. The summed E-state index contributed by atoms with van der Waals surface area (Å²) in [4.78, 5) is 22.1. The number of hydrogen-bond acceptors (Lipinski definition) is 4. The number of aliphatic hydroxyl groups excluding tert-OH is 1. The van der Waals surface area contributed by atoms with Crippen LogP contribution in [0.15, 0.2) is 12.4 Å². The summed E-state index contributed by atoms with van der Waals surface area (Å²) in [6.07, 6.45) is 2.96. The zero-order valence-electron chi connectivity index (χ0n) is 9.25. The van der Waals surface area contributed by atoms with Gasteiger partial charge in [-0.25, -0.2) is 9.59 Å². The third-order valence-electron chi connectivity index (χ3n) is 1.98. The van der Waals surface area contributed by atoms with Crippen LogP contribution in [0.2, 0.25) is 0 Å². The summed E-state index contributed by atoms with van der Waals surface area (Å²) >= 11 is 0. The maximum atomic E-state index is 11.4. The number of hydrogen-bond donors (Lipinski definition) is 4. The minimum atomic E-state index is -1.19. The predicted molar refractivity (Wildman–Crippen MR) is 58.5 cm³/mol. The number of carboxylic acid groups (broad SMARTS) is 1. The fraction of sp³-hybridized carbons (Fsp3) is 0.444. The standard InChI is InChI=1S/C9H14N4O4/c1-13-5-6(4-10-13)11-9(17)12-7(2-3-14)8(15)16/h4-5,7,14H,2-3H2,1H3,(H,15,16)(H2,11,12,17). The Labute approximate surface area is 97.2 Å². The van der Waals surface area contributed by atoms with Gasteiger partial charge in [0.1, 0.15) is 6.04 Å². The van der Waals surface area contributed by atoms with E-state index in [9.17, 15) is 9.59 Å². The average molecular weight is 242 g/mol. The van der Waals surface area contributed by atoms with Crippen LogP contribution in [0.3, 0.4) is 0 Å². The Morgan fingerprint density at radius 2 is 2.29 bits per heavy atom. The van der Waals surface area contributed by atoms with Gasteiger partial charge in [-0.3, -0.25) is 4.68 Å². The lowest BCUT2D eigenvalue weighted by Gasteiger charge is -2.13. The van der Waals surface area contributed by atoms with E-state index in [-0.39, 0.29) is 13.0 Å². The molecule has 8 nitrogen and oxygen atoms in total. The molecular weight excluding hydrogens is 228 g/mol. The van der Waals surface area contributed by atoms with E-state index in [2.05, 4.69) is 15.7 Å². The molecule has 0 fully saturated rings. The van der Waals surface area contributed by atoms with Gasteiger partial charge in [0.2, 0.25) is 0 Å². The second-order valence-corrected chi connectivity index (χ2v) is 3.40. The van der Waals surface area contributed by atoms with Crippen LogP contribution in [-0.4, -0.2) is 44.6 Å². The number of nitrogens with zero attached hydrogens (tertiary/aromatic N) is 2. The summed E-state index contributed by atoms with van der Waals surface area (Å²) in [7, 11) is 1.69. The molecule has 94 valence electrons. The molecule has 0 aromatic carbocycles. The zero-order valence-corrected chi connectivity index (χ0v) is 9.25. The molecule has 4 N–H and O–H groups in total. The lowest BCUT2D eigenvalue weighted by Crippen LogP contribution is -2.43. The summed E-state index contributed by atoms with van der Waals surface area (Å²) in [6.45, 7) is -0.315. The summed E-state index contributed by atoms with van der Waals surface area (Å²) in [5.74, 6) is -1.19. The number of rotatable bonds is 5. The molecule has 1 unspecified atom stereocenters. The van der Waals surface area contributed by atoms with Gasteiger partial charge in [-0.15, -0.1) is 0 Å². The van der Waals surface area contributed by atoms with Gasteiger partial charge in [0.25, 0.3) is 0 Å². The quantitative estimate of drug-likeness (QED) is 0.549. The number of anilines is 1. The van der Waals surface area contributed by atoms with Gasteiger partial charge < -0.3 is 20.8 Å². The van der Waals surface area contributed by atoms with Crippen LogP contribution in [0.1, 0.15) is 6.42 Å². The highest BCUT2D eigenvalue weighted by atomic mass is 16.4. The number of amides is 2. The van der Waals surface area contributed by atoms with Gasteiger partial charge in [0.05, 0.1) is 11.9 Å². The number of aromatic nitrogens is 2. The Morgan fingerprint density at radius 1 is 1.59 bits per heavy atom. The van der Waals surface area contributed by atoms with Crippen molar-refractivity contribution in [3.05, 3.63) is 12.4 Å². The first-order valence-electron chi connectivity index (χ1n) is 4.92. The van der Waals surface area contributed by atoms with Crippen molar-refractivity contribution in [3.63, 3.8) is 0 Å². The maximum Gasteiger partial charge on any atom is 0.326 e. The van der Waals surface area contributed by atoms with Crippen molar-refractivity contribution in [3.8, 4) is 0 Å². The highest BCUT2D eigenvalue weighted by Gasteiger charge is 2.19. The van der Waals surface area contributed by atoms with E-state index >= 15 is 0 Å². The Morgan fingerprint density at radius 3 is 2.76 bits per heavy atom. The van der Waals surface area contributed by atoms with Crippen molar-refractivity contribution in [2.45, 2.75) is 12.5 Å². The summed E-state index contributed by atoms with van der Waals surface area (Å²) < 4.78 is 1.50. The summed E-state index contributed by atoms with van der Waals surface area (Å²) in [5, 5.41) is 25.9. The van der Waals surface area contributed by atoms with E-state index in [1.54, 1.807) is 13.2 Å². The number of aliphatic carboxylic acids is 1. The first-order valence-corrected chi connectivity index (χ1v) is 4.92. The SMILES string of the molecule is Cn1cc(NC(=O)NC(CCO)C(=O)O)cn1. The maximum absolute atomic E-state index is 11.4. The summed E-state index contributed by atoms with van der Waals surface area (Å²) in [6, 6.07) is -1.77. The number of aliphatic hydroxyl groups is 1. The molecule has 8 heteroatoms. The molecule has 1 atom stereocenters. The normalized spacial score (nSPS) is 11.9. The van der Waals surface area contributed by atoms with Crippen LogP contribution >= 0.6 is 0 Å². The van der Waals surface area contributed by atoms with E-state index in [0.29, 0.717) is 5.69 Å². The average Bonchev–Trinajstić information content (AvgIpc) is 2.63. The first-order chi connectivity index (χ1) is 8.02. The van der Waals surface area contributed by atoms with Crippen LogP contribution in [0.25, 0.3) is 0 Å². The van der Waals surface area contributed by atoms with Crippen molar-refractivity contribution < 1.29 is 19.8 Å². The summed E-state index contributed by atoms with van der Waals surface area (Å²) in [5.41, 5.74) is 0.457. The number of carbonyl (C=O) groups excluding carboxylic acids is 1. The molecule has 0 spiro atoms. The third-order valence-corrected chi connectivity index (χ3v) is 1.98. The highest BCUT2D eigenvalue weighted by Crippen LogP contribution is 2.03. The minimum absolute atomic E-state index is 0.0458. The molecule has 1 aromatic heterocycles. The fourth-order valence-electron chi connectivity index (χ4n) is 1.20. The molecule has 0 aliphatic rings. The minimum Gasteiger partial charge on any atom is -0.480 e. The van der Waals surface area contributed by atoms with E-state index < -0.39 is 18.0 Å². The van der Waals surface area contributed by atoms with Gasteiger partial charge >= 0.3 is 12.0 Å². The molecule has 0 radical (unpaired) electrons. The second-order valence-electron chi connectivity index (χ2n) is 3.40.